The number of methoxy groups -OCH3 is 2. The Labute approximate surface area is 177 Å². The summed E-state index contributed by atoms with van der Waals surface area (Å²) in [5, 5.41) is 6.63. The van der Waals surface area contributed by atoms with Gasteiger partial charge in [0, 0.05) is 30.8 Å². The van der Waals surface area contributed by atoms with Crippen LogP contribution in [0, 0.1) is 0 Å². The van der Waals surface area contributed by atoms with Crippen LogP contribution in [0.2, 0.25) is 0 Å². The van der Waals surface area contributed by atoms with Gasteiger partial charge >= 0.3 is 0 Å². The van der Waals surface area contributed by atoms with Gasteiger partial charge in [-0.3, -0.25) is 4.99 Å². The van der Waals surface area contributed by atoms with Gasteiger partial charge in [0.05, 0.1) is 14.2 Å². The van der Waals surface area contributed by atoms with Gasteiger partial charge in [0.2, 0.25) is 0 Å². The fraction of sp³-hybridized carbons (Fsp3) is 0.316. The number of guanidine groups is 1. The maximum Gasteiger partial charge on any atom is 0.191 e. The first-order valence-corrected chi connectivity index (χ1v) is 9.08. The fourth-order valence-corrected chi connectivity index (χ4v) is 3.04. The zero-order chi connectivity index (χ0) is 17.9. The Hall–Kier alpha value is -1.61. The highest BCUT2D eigenvalue weighted by molar-refractivity contribution is 14.0. The number of hydrogen-bond donors (Lipinski definition) is 2. The Balaban J connectivity index is 0.00000338. The minimum absolute atomic E-state index is 0. The van der Waals surface area contributed by atoms with Crippen LogP contribution < -0.4 is 20.1 Å². The normalized spacial score (nSPS) is 10.7. The highest BCUT2D eigenvalue weighted by Crippen LogP contribution is 2.27. The Bertz CT molecular complexity index is 684. The number of aliphatic imine (C=N–C) groups is 1. The standard InChI is InChI=1S/C19H25N3O2S.HI/c1-20-19(21-11-12-25-16-7-5-4-6-8-16)22-14-15-9-10-17(23-2)18(13-15)24-3;/h4-10,13H,11-12,14H2,1-3H3,(H2,20,21,22);1H. The van der Waals surface area contributed by atoms with E-state index in [0.717, 1.165) is 35.3 Å². The summed E-state index contributed by atoms with van der Waals surface area (Å²) in [6.07, 6.45) is 0. The minimum Gasteiger partial charge on any atom is -0.493 e. The maximum atomic E-state index is 5.33. The molecule has 2 aromatic carbocycles. The Morgan fingerprint density at radius 1 is 1.00 bits per heavy atom. The number of halogens is 1. The van der Waals surface area contributed by atoms with Crippen LogP contribution in [0.4, 0.5) is 0 Å². The molecule has 0 radical (unpaired) electrons. The lowest BCUT2D eigenvalue weighted by Crippen LogP contribution is -2.37. The molecule has 2 aromatic rings. The van der Waals surface area contributed by atoms with Crippen LogP contribution in [0.15, 0.2) is 58.4 Å². The second-order valence-electron chi connectivity index (χ2n) is 5.20. The van der Waals surface area contributed by atoms with Crippen molar-refractivity contribution in [3.8, 4) is 11.5 Å². The first-order chi connectivity index (χ1) is 12.3. The second kappa shape index (κ2) is 12.7. The summed E-state index contributed by atoms with van der Waals surface area (Å²) in [5.74, 6) is 3.21. The predicted molar refractivity (Wildman–Crippen MR) is 120 cm³/mol. The molecule has 0 heterocycles. The third-order valence-corrected chi connectivity index (χ3v) is 4.55. The van der Waals surface area contributed by atoms with Crippen molar-refractivity contribution in [2.45, 2.75) is 11.4 Å². The molecule has 0 unspecified atom stereocenters. The minimum atomic E-state index is 0. The number of nitrogens with one attached hydrogen (secondary N) is 2. The second-order valence-corrected chi connectivity index (χ2v) is 6.37. The molecule has 2 rings (SSSR count). The van der Waals surface area contributed by atoms with Crippen LogP contribution >= 0.6 is 35.7 Å². The number of rotatable bonds is 8. The van der Waals surface area contributed by atoms with Gasteiger partial charge < -0.3 is 20.1 Å². The first kappa shape index (κ1) is 22.4. The van der Waals surface area contributed by atoms with Crippen LogP contribution in [0.25, 0.3) is 0 Å². The van der Waals surface area contributed by atoms with Crippen molar-refractivity contribution < 1.29 is 9.47 Å². The average Bonchev–Trinajstić information content (AvgIpc) is 2.68. The van der Waals surface area contributed by atoms with Gasteiger partial charge in [-0.05, 0) is 29.8 Å². The smallest absolute Gasteiger partial charge is 0.191 e. The number of ether oxygens (including phenoxy) is 2. The fourth-order valence-electron chi connectivity index (χ4n) is 2.25. The van der Waals surface area contributed by atoms with Crippen molar-refractivity contribution in [3.05, 3.63) is 54.1 Å². The predicted octanol–water partition coefficient (Wildman–Crippen LogP) is 3.78. The molecule has 0 atom stereocenters. The molecule has 0 saturated carbocycles. The summed E-state index contributed by atoms with van der Waals surface area (Å²) in [4.78, 5) is 5.53. The van der Waals surface area contributed by atoms with E-state index >= 15 is 0 Å². The highest BCUT2D eigenvalue weighted by atomic mass is 127. The molecule has 2 N–H and O–H groups in total. The van der Waals surface area contributed by atoms with E-state index in [1.807, 2.05) is 36.0 Å². The highest BCUT2D eigenvalue weighted by Gasteiger charge is 2.05. The molecule has 0 aliphatic heterocycles. The molecule has 0 spiro atoms. The van der Waals surface area contributed by atoms with Gasteiger partial charge in [0.1, 0.15) is 0 Å². The third-order valence-electron chi connectivity index (χ3n) is 3.54. The summed E-state index contributed by atoms with van der Waals surface area (Å²) in [5.41, 5.74) is 1.10. The molecule has 0 fully saturated rings. The van der Waals surface area contributed by atoms with Gasteiger partial charge in [-0.1, -0.05) is 24.3 Å². The Kier molecular flexibility index (Phi) is 11.0. The summed E-state index contributed by atoms with van der Waals surface area (Å²) < 4.78 is 10.6. The monoisotopic (exact) mass is 487 g/mol. The van der Waals surface area contributed by atoms with E-state index in [9.17, 15) is 0 Å². The van der Waals surface area contributed by atoms with Gasteiger partial charge in [0.15, 0.2) is 17.5 Å². The van der Waals surface area contributed by atoms with Gasteiger partial charge in [-0.25, -0.2) is 0 Å². The Morgan fingerprint density at radius 3 is 2.38 bits per heavy atom. The number of thioether (sulfide) groups is 1. The van der Waals surface area contributed by atoms with Crippen molar-refractivity contribution in [1.82, 2.24) is 10.6 Å². The molecular weight excluding hydrogens is 461 g/mol. The van der Waals surface area contributed by atoms with E-state index in [0.29, 0.717) is 6.54 Å². The molecule has 0 amide bonds. The lowest BCUT2D eigenvalue weighted by molar-refractivity contribution is 0.354. The zero-order valence-electron chi connectivity index (χ0n) is 15.3. The van der Waals surface area contributed by atoms with Gasteiger partial charge in [-0.15, -0.1) is 35.7 Å². The van der Waals surface area contributed by atoms with E-state index in [2.05, 4.69) is 39.9 Å². The lowest BCUT2D eigenvalue weighted by Gasteiger charge is -2.13. The van der Waals surface area contributed by atoms with Crippen molar-refractivity contribution in [2.24, 2.45) is 4.99 Å². The van der Waals surface area contributed by atoms with Crippen LogP contribution in [0.5, 0.6) is 11.5 Å². The Morgan fingerprint density at radius 2 is 1.73 bits per heavy atom. The molecule has 0 aliphatic rings. The summed E-state index contributed by atoms with van der Waals surface area (Å²) in [6, 6.07) is 16.3. The summed E-state index contributed by atoms with van der Waals surface area (Å²) >= 11 is 1.82. The van der Waals surface area contributed by atoms with Crippen molar-refractivity contribution in [3.63, 3.8) is 0 Å². The van der Waals surface area contributed by atoms with Crippen molar-refractivity contribution in [2.75, 3.05) is 33.6 Å². The van der Waals surface area contributed by atoms with Crippen molar-refractivity contribution >= 4 is 41.7 Å². The number of benzene rings is 2. The van der Waals surface area contributed by atoms with Gasteiger partial charge in [-0.2, -0.15) is 0 Å². The average molecular weight is 487 g/mol. The number of hydrogen-bond acceptors (Lipinski definition) is 4. The maximum absolute atomic E-state index is 5.33. The van der Waals surface area contributed by atoms with Crippen LogP contribution in [-0.2, 0) is 6.54 Å². The summed E-state index contributed by atoms with van der Waals surface area (Å²) in [6.45, 7) is 1.50. The quantitative estimate of drug-likeness (QED) is 0.195. The van der Waals surface area contributed by atoms with E-state index in [1.165, 1.54) is 4.90 Å². The van der Waals surface area contributed by atoms with Crippen LogP contribution in [-0.4, -0.2) is 39.5 Å². The molecule has 26 heavy (non-hydrogen) atoms. The third kappa shape index (κ3) is 7.33. The van der Waals surface area contributed by atoms with Crippen LogP contribution in [0.3, 0.4) is 0 Å². The van der Waals surface area contributed by atoms with Crippen LogP contribution in [0.1, 0.15) is 5.56 Å². The molecule has 0 aromatic heterocycles. The van der Waals surface area contributed by atoms with E-state index in [1.54, 1.807) is 21.3 Å². The van der Waals surface area contributed by atoms with Crippen molar-refractivity contribution in [1.29, 1.82) is 0 Å². The molecule has 5 nitrogen and oxygen atoms in total. The SMILES string of the molecule is CN=C(NCCSc1ccccc1)NCc1ccc(OC)c(OC)c1.I. The first-order valence-electron chi connectivity index (χ1n) is 8.10. The van der Waals surface area contributed by atoms with E-state index in [-0.39, 0.29) is 24.0 Å². The molecule has 7 heteroatoms. The topological polar surface area (TPSA) is 54.9 Å². The molecular formula is C19H26IN3O2S. The molecule has 0 aliphatic carbocycles. The summed E-state index contributed by atoms with van der Waals surface area (Å²) in [7, 11) is 5.04. The largest absolute Gasteiger partial charge is 0.493 e. The zero-order valence-corrected chi connectivity index (χ0v) is 18.5. The van der Waals surface area contributed by atoms with E-state index < -0.39 is 0 Å². The van der Waals surface area contributed by atoms with E-state index in [4.69, 9.17) is 9.47 Å². The molecule has 0 saturated heterocycles. The van der Waals surface area contributed by atoms with Gasteiger partial charge in [0.25, 0.3) is 0 Å². The number of nitrogens with zero attached hydrogens (tertiary/aromatic N) is 1. The molecule has 142 valence electrons. The molecule has 0 bridgehead atoms. The lowest BCUT2D eigenvalue weighted by atomic mass is 10.2.